The smallest absolute Gasteiger partial charge is 0.164 e. The minimum absolute atomic E-state index is 0.496. The number of hydrogen-bond acceptors (Lipinski definition) is 5. The van der Waals surface area contributed by atoms with E-state index in [1.807, 2.05) is 60.4 Å². The normalized spacial score (nSPS) is 16.1. The summed E-state index contributed by atoms with van der Waals surface area (Å²) in [4.78, 5) is 22.6. The molecule has 1 aliphatic heterocycles. The van der Waals surface area contributed by atoms with E-state index < -0.39 is 5.41 Å². The molecule has 1 spiro atoms. The van der Waals surface area contributed by atoms with E-state index in [-0.39, 0.29) is 0 Å². The SMILES string of the molecule is C1=C2Sc3ccccc3C3(C2=CCC1)c1cc(-c2cccc(-c4nc(-c5ccccc5)nc(-c5ccccc5)n4)c2)ccc1-c1ccc(-c2cccc4cccnc24)cc13. The van der Waals surface area contributed by atoms with Gasteiger partial charge in [-0.15, -0.1) is 0 Å². The van der Waals surface area contributed by atoms with Gasteiger partial charge in [0, 0.05) is 43.6 Å². The highest BCUT2D eigenvalue weighted by molar-refractivity contribution is 8.03. The zero-order chi connectivity index (χ0) is 39.6. The van der Waals surface area contributed by atoms with Crippen LogP contribution in [0.1, 0.15) is 29.5 Å². The Morgan fingerprint density at radius 2 is 1.00 bits per heavy atom. The Labute approximate surface area is 353 Å². The van der Waals surface area contributed by atoms with Gasteiger partial charge in [0.15, 0.2) is 17.5 Å². The fourth-order valence-corrected chi connectivity index (χ4v) is 10.8. The third kappa shape index (κ3) is 5.46. The van der Waals surface area contributed by atoms with Gasteiger partial charge < -0.3 is 0 Å². The average molecular weight is 785 g/mol. The molecule has 0 amide bonds. The second kappa shape index (κ2) is 14.0. The summed E-state index contributed by atoms with van der Waals surface area (Å²) in [5.41, 5.74) is 15.9. The van der Waals surface area contributed by atoms with Crippen LogP contribution < -0.4 is 0 Å². The Morgan fingerprint density at radius 3 is 1.77 bits per heavy atom. The van der Waals surface area contributed by atoms with Gasteiger partial charge >= 0.3 is 0 Å². The molecular formula is C55H36N4S. The van der Waals surface area contributed by atoms with Crippen molar-refractivity contribution in [2.75, 3.05) is 0 Å². The lowest BCUT2D eigenvalue weighted by molar-refractivity contribution is 0.724. The van der Waals surface area contributed by atoms with E-state index in [4.69, 9.17) is 19.9 Å². The van der Waals surface area contributed by atoms with Crippen molar-refractivity contribution in [3.63, 3.8) is 0 Å². The minimum atomic E-state index is -0.496. The van der Waals surface area contributed by atoms with Crippen molar-refractivity contribution < 1.29 is 0 Å². The quantitative estimate of drug-likeness (QED) is 0.174. The molecule has 0 N–H and O–H groups in total. The Hall–Kier alpha value is -7.21. The van der Waals surface area contributed by atoms with Gasteiger partial charge in [0.05, 0.1) is 10.9 Å². The lowest BCUT2D eigenvalue weighted by Crippen LogP contribution is -2.34. The number of pyridine rings is 1. The summed E-state index contributed by atoms with van der Waals surface area (Å²) < 4.78 is 0. The van der Waals surface area contributed by atoms with Crippen LogP contribution in [0.25, 0.3) is 78.4 Å². The number of fused-ring (bicyclic) bond motifs is 10. The molecule has 12 rings (SSSR count). The van der Waals surface area contributed by atoms with Crippen molar-refractivity contribution >= 4 is 22.7 Å². The van der Waals surface area contributed by atoms with E-state index in [9.17, 15) is 0 Å². The maximum atomic E-state index is 5.07. The molecule has 60 heavy (non-hydrogen) atoms. The van der Waals surface area contributed by atoms with Gasteiger partial charge in [-0.05, 0) is 93.3 Å². The second-order valence-corrected chi connectivity index (χ2v) is 16.7. The molecule has 1 atom stereocenters. The van der Waals surface area contributed by atoms with Crippen molar-refractivity contribution in [3.05, 3.63) is 221 Å². The molecule has 0 radical (unpaired) electrons. The minimum Gasteiger partial charge on any atom is -0.256 e. The van der Waals surface area contributed by atoms with Crippen LogP contribution in [0.15, 0.2) is 210 Å². The third-order valence-corrected chi connectivity index (χ3v) is 13.4. The van der Waals surface area contributed by atoms with Gasteiger partial charge in [-0.2, -0.15) is 0 Å². The summed E-state index contributed by atoms with van der Waals surface area (Å²) in [5, 5.41) is 1.14. The van der Waals surface area contributed by atoms with E-state index in [1.54, 1.807) is 0 Å². The van der Waals surface area contributed by atoms with Crippen LogP contribution in [0.2, 0.25) is 0 Å². The van der Waals surface area contributed by atoms with Crippen LogP contribution in [0.3, 0.4) is 0 Å². The van der Waals surface area contributed by atoms with Crippen LogP contribution in [0.5, 0.6) is 0 Å². The third-order valence-electron chi connectivity index (χ3n) is 12.3. The zero-order valence-electron chi connectivity index (χ0n) is 32.6. The molecule has 0 saturated carbocycles. The predicted octanol–water partition coefficient (Wildman–Crippen LogP) is 13.8. The number of allylic oxidation sites excluding steroid dienone is 3. The van der Waals surface area contributed by atoms with Crippen molar-refractivity contribution in [1.29, 1.82) is 0 Å². The first-order valence-electron chi connectivity index (χ1n) is 20.5. The van der Waals surface area contributed by atoms with E-state index in [1.165, 1.54) is 48.8 Å². The molecule has 2 aliphatic carbocycles. The van der Waals surface area contributed by atoms with Crippen molar-refractivity contribution in [2.24, 2.45) is 0 Å². The molecule has 282 valence electrons. The number of para-hydroxylation sites is 1. The number of aromatic nitrogens is 4. The number of benzene rings is 7. The number of hydrogen-bond donors (Lipinski definition) is 0. The van der Waals surface area contributed by atoms with Crippen molar-refractivity contribution in [1.82, 2.24) is 19.9 Å². The maximum absolute atomic E-state index is 5.07. The lowest BCUT2D eigenvalue weighted by Gasteiger charge is -2.42. The first-order valence-corrected chi connectivity index (χ1v) is 21.3. The molecule has 1 unspecified atom stereocenters. The fraction of sp³-hybridized carbons (Fsp3) is 0.0545. The topological polar surface area (TPSA) is 51.6 Å². The van der Waals surface area contributed by atoms with Gasteiger partial charge in [0.2, 0.25) is 0 Å². The fourth-order valence-electron chi connectivity index (χ4n) is 9.58. The molecule has 3 heterocycles. The Kier molecular flexibility index (Phi) is 8.10. The summed E-state index contributed by atoms with van der Waals surface area (Å²) in [6.07, 6.45) is 8.95. The summed E-state index contributed by atoms with van der Waals surface area (Å²) in [6.45, 7) is 0. The lowest BCUT2D eigenvalue weighted by atomic mass is 9.65. The summed E-state index contributed by atoms with van der Waals surface area (Å²) in [7, 11) is 0. The standard InChI is InChI=1S/C55H36N4S/c1-3-14-36(15-4-1)52-57-53(37-16-5-2-6-17-37)59-54(58-52)41-20-11-19-38(32-41)39-27-29-43-44-30-28-40(42-22-12-18-35-21-13-31-56-51(35)42)34-48(44)55(47(43)33-39)45-23-7-9-25-49(45)60-50-26-10-8-24-46(50)55/h1-7,9,11-34H,8,10H2. The highest BCUT2D eigenvalue weighted by Crippen LogP contribution is 2.65. The van der Waals surface area contributed by atoms with Crippen LogP contribution in [0.4, 0.5) is 0 Å². The molecule has 7 aromatic carbocycles. The molecule has 0 saturated heterocycles. The van der Waals surface area contributed by atoms with E-state index >= 15 is 0 Å². The predicted molar refractivity (Wildman–Crippen MR) is 245 cm³/mol. The van der Waals surface area contributed by atoms with Crippen LogP contribution >= 0.6 is 11.8 Å². The molecule has 0 fully saturated rings. The van der Waals surface area contributed by atoms with Crippen molar-refractivity contribution in [3.8, 4) is 67.5 Å². The molecule has 0 bridgehead atoms. The highest BCUT2D eigenvalue weighted by atomic mass is 32.2. The van der Waals surface area contributed by atoms with Gasteiger partial charge in [-0.1, -0.05) is 170 Å². The van der Waals surface area contributed by atoms with Crippen LogP contribution in [0, 0.1) is 0 Å². The first kappa shape index (κ1) is 34.8. The van der Waals surface area contributed by atoms with Gasteiger partial charge in [0.1, 0.15) is 0 Å². The molecule has 5 heteroatoms. The molecule has 2 aromatic heterocycles. The Morgan fingerprint density at radius 1 is 0.417 bits per heavy atom. The number of nitrogens with zero attached hydrogens (tertiary/aromatic N) is 4. The van der Waals surface area contributed by atoms with Gasteiger partial charge in [-0.25, -0.2) is 15.0 Å². The summed E-state index contributed by atoms with van der Waals surface area (Å²) in [6, 6.07) is 62.9. The first-order chi connectivity index (χ1) is 29.7. The highest BCUT2D eigenvalue weighted by Gasteiger charge is 2.52. The van der Waals surface area contributed by atoms with E-state index in [0.717, 1.165) is 57.1 Å². The van der Waals surface area contributed by atoms with E-state index in [2.05, 4.69) is 146 Å². The second-order valence-electron chi connectivity index (χ2n) is 15.6. The van der Waals surface area contributed by atoms with Gasteiger partial charge in [-0.3, -0.25) is 4.98 Å². The zero-order valence-corrected chi connectivity index (χ0v) is 33.4. The summed E-state index contributed by atoms with van der Waals surface area (Å²) >= 11 is 1.92. The largest absolute Gasteiger partial charge is 0.256 e. The van der Waals surface area contributed by atoms with Crippen molar-refractivity contribution in [2.45, 2.75) is 23.2 Å². The molecular weight excluding hydrogens is 749 g/mol. The Balaban J connectivity index is 1.05. The monoisotopic (exact) mass is 784 g/mol. The van der Waals surface area contributed by atoms with Crippen LogP contribution in [-0.2, 0) is 5.41 Å². The molecule has 3 aliphatic rings. The number of thioether (sulfide) groups is 1. The maximum Gasteiger partial charge on any atom is 0.164 e. The number of rotatable bonds is 5. The van der Waals surface area contributed by atoms with Crippen LogP contribution in [-0.4, -0.2) is 19.9 Å². The average Bonchev–Trinajstić information content (AvgIpc) is 3.61. The molecule has 4 nitrogen and oxygen atoms in total. The van der Waals surface area contributed by atoms with Gasteiger partial charge in [0.25, 0.3) is 0 Å². The Bertz CT molecular complexity index is 3180. The van der Waals surface area contributed by atoms with E-state index in [0.29, 0.717) is 17.5 Å². The summed E-state index contributed by atoms with van der Waals surface area (Å²) in [5.74, 6) is 1.95. The molecule has 9 aromatic rings.